The number of aromatic nitrogens is 2. The van der Waals surface area contributed by atoms with Gasteiger partial charge in [-0.1, -0.05) is 30.3 Å². The van der Waals surface area contributed by atoms with Crippen molar-refractivity contribution in [2.45, 2.75) is 44.9 Å². The first-order valence-corrected chi connectivity index (χ1v) is 12.6. The van der Waals surface area contributed by atoms with Crippen molar-refractivity contribution >= 4 is 16.0 Å². The predicted octanol–water partition coefficient (Wildman–Crippen LogP) is 2.77. The van der Waals surface area contributed by atoms with Crippen LogP contribution in [0.1, 0.15) is 47.8 Å². The van der Waals surface area contributed by atoms with Gasteiger partial charge in [0, 0.05) is 57.4 Å². The molecule has 0 spiro atoms. The number of hydrogen-bond acceptors (Lipinski definition) is 5. The topological polar surface area (TPSA) is 69.6 Å². The molecule has 1 saturated heterocycles. The van der Waals surface area contributed by atoms with Crippen LogP contribution in [0, 0.1) is 6.92 Å². The van der Waals surface area contributed by atoms with Gasteiger partial charge in [-0.3, -0.25) is 0 Å². The minimum Gasteiger partial charge on any atom is -0.356 e. The molecule has 2 aliphatic rings. The van der Waals surface area contributed by atoms with E-state index in [1.54, 1.807) is 18.4 Å². The van der Waals surface area contributed by atoms with Crippen molar-refractivity contribution in [2.75, 3.05) is 45.2 Å². The first-order chi connectivity index (χ1) is 14.9. The Labute approximate surface area is 186 Å². The maximum atomic E-state index is 12.6. The molecule has 3 heterocycles. The summed E-state index contributed by atoms with van der Waals surface area (Å²) in [4.78, 5) is 12.3. The summed E-state index contributed by atoms with van der Waals surface area (Å²) in [7, 11) is -0.245. The van der Waals surface area contributed by atoms with Crippen molar-refractivity contribution in [3.05, 3.63) is 53.0 Å². The number of hydrogen-bond donors (Lipinski definition) is 0. The van der Waals surface area contributed by atoms with Gasteiger partial charge in [-0.2, -0.15) is 17.0 Å². The van der Waals surface area contributed by atoms with Crippen molar-refractivity contribution in [3.8, 4) is 0 Å². The van der Waals surface area contributed by atoms with E-state index in [9.17, 15) is 8.42 Å². The van der Waals surface area contributed by atoms with Crippen LogP contribution in [-0.4, -0.2) is 67.3 Å². The van der Waals surface area contributed by atoms with Crippen LogP contribution in [-0.2, 0) is 23.1 Å². The van der Waals surface area contributed by atoms with Crippen LogP contribution >= 0.6 is 0 Å². The largest absolute Gasteiger partial charge is 0.356 e. The fourth-order valence-corrected chi connectivity index (χ4v) is 5.80. The second-order valence-electron chi connectivity index (χ2n) is 8.78. The van der Waals surface area contributed by atoms with E-state index in [-0.39, 0.29) is 5.92 Å². The summed E-state index contributed by atoms with van der Waals surface area (Å²) < 4.78 is 28.1. The fraction of sp³-hybridized carbons (Fsp3) is 0.565. The third-order valence-corrected chi connectivity index (χ3v) is 8.32. The molecule has 2 aliphatic heterocycles. The first-order valence-electron chi connectivity index (χ1n) is 11.2. The number of piperidine rings is 1. The molecule has 0 aliphatic carbocycles. The van der Waals surface area contributed by atoms with E-state index in [0.717, 1.165) is 62.5 Å². The van der Waals surface area contributed by atoms with Gasteiger partial charge in [-0.25, -0.2) is 9.97 Å². The Balaban J connectivity index is 1.57. The summed E-state index contributed by atoms with van der Waals surface area (Å²) in [6.07, 6.45) is 4.85. The third-order valence-electron chi connectivity index (χ3n) is 6.41. The van der Waals surface area contributed by atoms with E-state index in [4.69, 9.17) is 9.97 Å². The van der Waals surface area contributed by atoms with Gasteiger partial charge in [0.2, 0.25) is 0 Å². The Hall–Kier alpha value is -2.03. The Morgan fingerprint density at radius 3 is 2.61 bits per heavy atom. The summed E-state index contributed by atoms with van der Waals surface area (Å²) >= 11 is 0. The lowest BCUT2D eigenvalue weighted by molar-refractivity contribution is 0.293. The first kappa shape index (κ1) is 22.2. The molecule has 168 valence electrons. The van der Waals surface area contributed by atoms with Crippen LogP contribution in [0.15, 0.2) is 30.3 Å². The van der Waals surface area contributed by atoms with E-state index in [1.807, 2.05) is 6.07 Å². The normalized spacial score (nSPS) is 20.1. The minimum atomic E-state index is -3.42. The second kappa shape index (κ2) is 9.22. The van der Waals surface area contributed by atoms with Crippen LogP contribution in [0.4, 0.5) is 5.82 Å². The van der Waals surface area contributed by atoms with Crippen molar-refractivity contribution in [2.24, 2.45) is 0 Å². The van der Waals surface area contributed by atoms with Crippen molar-refractivity contribution in [3.63, 3.8) is 0 Å². The minimum absolute atomic E-state index is 0.0328. The number of aryl methyl sites for hydroxylation is 1. The van der Waals surface area contributed by atoms with Crippen molar-refractivity contribution in [1.82, 2.24) is 18.6 Å². The van der Waals surface area contributed by atoms with Crippen LogP contribution in [0.25, 0.3) is 0 Å². The predicted molar refractivity (Wildman–Crippen MR) is 124 cm³/mol. The number of fused-ring (bicyclic) bond motifs is 1. The lowest BCUT2D eigenvalue weighted by Crippen LogP contribution is -2.45. The van der Waals surface area contributed by atoms with Gasteiger partial charge in [0.25, 0.3) is 10.2 Å². The average Bonchev–Trinajstić information content (AvgIpc) is 2.78. The van der Waals surface area contributed by atoms with Gasteiger partial charge < -0.3 is 4.90 Å². The zero-order valence-corrected chi connectivity index (χ0v) is 19.6. The Bertz CT molecular complexity index is 1010. The molecular weight excluding hydrogens is 410 g/mol. The summed E-state index contributed by atoms with van der Waals surface area (Å²) in [5.41, 5.74) is 3.62. The van der Waals surface area contributed by atoms with E-state index < -0.39 is 10.2 Å². The molecule has 7 nitrogen and oxygen atoms in total. The highest BCUT2D eigenvalue weighted by Crippen LogP contribution is 2.32. The summed E-state index contributed by atoms with van der Waals surface area (Å²) in [5.74, 6) is 1.88. The van der Waals surface area contributed by atoms with E-state index >= 15 is 0 Å². The van der Waals surface area contributed by atoms with Gasteiger partial charge >= 0.3 is 0 Å². The Kier molecular flexibility index (Phi) is 6.60. The fourth-order valence-electron chi connectivity index (χ4n) is 4.61. The Morgan fingerprint density at radius 1 is 1.10 bits per heavy atom. The molecule has 0 saturated carbocycles. The van der Waals surface area contributed by atoms with E-state index in [0.29, 0.717) is 13.1 Å². The van der Waals surface area contributed by atoms with Gasteiger partial charge in [0.15, 0.2) is 0 Å². The standard InChI is InChI=1S/C23H33N5O2S/c1-18-21-12-8-14-27(16-13-19-9-5-4-6-10-19)23(21)25-22(24-18)20-11-7-15-28(17-20)31(29,30)26(2)3/h4-6,9-10,20H,7-8,11-17H2,1-3H3. The molecule has 1 unspecified atom stereocenters. The number of nitrogens with zero attached hydrogens (tertiary/aromatic N) is 5. The maximum Gasteiger partial charge on any atom is 0.281 e. The molecule has 4 rings (SSSR count). The second-order valence-corrected chi connectivity index (χ2v) is 10.9. The zero-order valence-electron chi connectivity index (χ0n) is 18.8. The van der Waals surface area contributed by atoms with Gasteiger partial charge in [0.05, 0.1) is 0 Å². The zero-order chi connectivity index (χ0) is 22.0. The number of benzene rings is 1. The summed E-state index contributed by atoms with van der Waals surface area (Å²) in [6.45, 7) is 5.01. The molecule has 0 N–H and O–H groups in total. The van der Waals surface area contributed by atoms with Crippen LogP contribution < -0.4 is 4.90 Å². The maximum absolute atomic E-state index is 12.6. The lowest BCUT2D eigenvalue weighted by Gasteiger charge is -2.35. The molecule has 8 heteroatoms. The van der Waals surface area contributed by atoms with Crippen LogP contribution in [0.3, 0.4) is 0 Å². The highest BCUT2D eigenvalue weighted by atomic mass is 32.2. The molecule has 1 aromatic carbocycles. The third kappa shape index (κ3) is 4.76. The van der Waals surface area contributed by atoms with E-state index in [1.165, 1.54) is 15.4 Å². The quantitative estimate of drug-likeness (QED) is 0.687. The van der Waals surface area contributed by atoms with Gasteiger partial charge in [-0.15, -0.1) is 0 Å². The van der Waals surface area contributed by atoms with Crippen molar-refractivity contribution < 1.29 is 8.42 Å². The van der Waals surface area contributed by atoms with Crippen LogP contribution in [0.2, 0.25) is 0 Å². The molecule has 0 amide bonds. The molecular formula is C23H33N5O2S. The van der Waals surface area contributed by atoms with E-state index in [2.05, 4.69) is 36.1 Å². The highest BCUT2D eigenvalue weighted by Gasteiger charge is 2.33. The highest BCUT2D eigenvalue weighted by molar-refractivity contribution is 7.86. The molecule has 0 radical (unpaired) electrons. The molecule has 1 atom stereocenters. The molecule has 31 heavy (non-hydrogen) atoms. The smallest absolute Gasteiger partial charge is 0.281 e. The summed E-state index contributed by atoms with van der Waals surface area (Å²) in [5, 5.41) is 0. The van der Waals surface area contributed by atoms with Crippen LogP contribution in [0.5, 0.6) is 0 Å². The molecule has 1 aromatic heterocycles. The summed E-state index contributed by atoms with van der Waals surface area (Å²) in [6, 6.07) is 10.6. The lowest BCUT2D eigenvalue weighted by atomic mass is 9.97. The SMILES string of the molecule is Cc1nc(C2CCCN(S(=O)(=O)N(C)C)C2)nc2c1CCCN2CCc1ccccc1. The van der Waals surface area contributed by atoms with Crippen molar-refractivity contribution in [1.29, 1.82) is 0 Å². The average molecular weight is 444 g/mol. The van der Waals surface area contributed by atoms with Gasteiger partial charge in [0.1, 0.15) is 11.6 Å². The number of anilines is 1. The molecule has 2 aromatic rings. The monoisotopic (exact) mass is 443 g/mol. The number of rotatable bonds is 6. The molecule has 1 fully saturated rings. The van der Waals surface area contributed by atoms with Gasteiger partial charge in [-0.05, 0) is 44.6 Å². The molecule has 0 bridgehead atoms. The Morgan fingerprint density at radius 2 is 1.87 bits per heavy atom.